The molecule has 0 radical (unpaired) electrons. The Kier molecular flexibility index (Phi) is 3.03. The van der Waals surface area contributed by atoms with Gasteiger partial charge in [0.05, 0.1) is 5.60 Å². The number of halogens is 1. The fourth-order valence-electron chi connectivity index (χ4n) is 2.04. The van der Waals surface area contributed by atoms with Crippen molar-refractivity contribution in [2.45, 2.75) is 24.9 Å². The summed E-state index contributed by atoms with van der Waals surface area (Å²) in [6, 6.07) is 6.43. The minimum atomic E-state index is -1.05. The van der Waals surface area contributed by atoms with Gasteiger partial charge >= 0.3 is 0 Å². The molecule has 0 aromatic heterocycles. The van der Waals surface area contributed by atoms with Crippen LogP contribution in [-0.4, -0.2) is 18.3 Å². The number of rotatable bonds is 1. The maximum atomic E-state index is 13.6. The summed E-state index contributed by atoms with van der Waals surface area (Å²) >= 11 is 0. The molecule has 1 heterocycles. The van der Waals surface area contributed by atoms with E-state index < -0.39 is 5.60 Å². The van der Waals surface area contributed by atoms with E-state index in [2.05, 4.69) is 0 Å². The zero-order valence-corrected chi connectivity index (χ0v) is 8.58. The Morgan fingerprint density at radius 3 is 2.80 bits per heavy atom. The maximum absolute atomic E-state index is 13.6. The Morgan fingerprint density at radius 2 is 2.00 bits per heavy atom. The van der Waals surface area contributed by atoms with Crippen molar-refractivity contribution in [1.82, 2.24) is 0 Å². The van der Waals surface area contributed by atoms with Crippen LogP contribution in [0.5, 0.6) is 0 Å². The minimum Gasteiger partial charge on any atom is -0.385 e. The highest BCUT2D eigenvalue weighted by molar-refractivity contribution is 5.24. The molecule has 2 rings (SSSR count). The summed E-state index contributed by atoms with van der Waals surface area (Å²) in [5.41, 5.74) is -0.655. The van der Waals surface area contributed by atoms with Gasteiger partial charge in [0.25, 0.3) is 0 Å². The number of aliphatic hydroxyl groups is 1. The largest absolute Gasteiger partial charge is 0.385 e. The van der Waals surface area contributed by atoms with Crippen LogP contribution in [0.2, 0.25) is 0 Å². The highest BCUT2D eigenvalue weighted by Crippen LogP contribution is 2.33. The monoisotopic (exact) mass is 210 g/mol. The van der Waals surface area contributed by atoms with Crippen molar-refractivity contribution >= 4 is 0 Å². The molecule has 1 atom stereocenters. The molecule has 0 bridgehead atoms. The Bertz CT molecular complexity index is 330. The molecule has 0 spiro atoms. The predicted octanol–water partition coefficient (Wildman–Crippen LogP) is 2.21. The molecule has 1 aromatic rings. The van der Waals surface area contributed by atoms with Gasteiger partial charge in [0, 0.05) is 25.2 Å². The number of ether oxygens (including phenoxy) is 1. The van der Waals surface area contributed by atoms with E-state index in [1.54, 1.807) is 18.2 Å². The Hall–Kier alpha value is -0.930. The SMILES string of the molecule is OC1(c2ccccc2F)CCCOCC1. The predicted molar refractivity (Wildman–Crippen MR) is 55.0 cm³/mol. The second-order valence-corrected chi connectivity index (χ2v) is 3.98. The molecule has 0 saturated carbocycles. The van der Waals surface area contributed by atoms with Crippen molar-refractivity contribution in [3.05, 3.63) is 35.6 Å². The van der Waals surface area contributed by atoms with Crippen molar-refractivity contribution in [2.24, 2.45) is 0 Å². The van der Waals surface area contributed by atoms with Gasteiger partial charge in [0.15, 0.2) is 0 Å². The quantitative estimate of drug-likeness (QED) is 0.770. The summed E-state index contributed by atoms with van der Waals surface area (Å²) < 4.78 is 18.8. The first kappa shape index (κ1) is 10.6. The van der Waals surface area contributed by atoms with E-state index in [1.807, 2.05) is 0 Å². The second kappa shape index (κ2) is 4.29. The van der Waals surface area contributed by atoms with Crippen LogP contribution >= 0.6 is 0 Å². The summed E-state index contributed by atoms with van der Waals surface area (Å²) in [5, 5.41) is 10.4. The molecular formula is C12H15FO2. The number of hydrogen-bond acceptors (Lipinski definition) is 2. The summed E-state index contributed by atoms with van der Waals surface area (Å²) in [4.78, 5) is 0. The fraction of sp³-hybridized carbons (Fsp3) is 0.500. The van der Waals surface area contributed by atoms with Crippen LogP contribution < -0.4 is 0 Å². The minimum absolute atomic E-state index is 0.332. The molecule has 15 heavy (non-hydrogen) atoms. The van der Waals surface area contributed by atoms with E-state index in [-0.39, 0.29) is 5.82 Å². The topological polar surface area (TPSA) is 29.5 Å². The molecule has 3 heteroatoms. The van der Waals surface area contributed by atoms with Gasteiger partial charge in [-0.15, -0.1) is 0 Å². The zero-order valence-electron chi connectivity index (χ0n) is 8.58. The first-order valence-electron chi connectivity index (χ1n) is 5.27. The van der Waals surface area contributed by atoms with E-state index in [1.165, 1.54) is 6.07 Å². The molecule has 1 aromatic carbocycles. The first-order valence-corrected chi connectivity index (χ1v) is 5.27. The lowest BCUT2D eigenvalue weighted by Gasteiger charge is -2.26. The van der Waals surface area contributed by atoms with Crippen LogP contribution in [0.1, 0.15) is 24.8 Å². The van der Waals surface area contributed by atoms with Crippen molar-refractivity contribution in [2.75, 3.05) is 13.2 Å². The summed E-state index contributed by atoms with van der Waals surface area (Å²) in [6.07, 6.45) is 1.80. The van der Waals surface area contributed by atoms with Crippen molar-refractivity contribution < 1.29 is 14.2 Å². The van der Waals surface area contributed by atoms with Gasteiger partial charge in [0.1, 0.15) is 5.82 Å². The van der Waals surface area contributed by atoms with E-state index in [9.17, 15) is 9.50 Å². The van der Waals surface area contributed by atoms with Crippen molar-refractivity contribution in [3.8, 4) is 0 Å². The Balaban J connectivity index is 2.30. The van der Waals surface area contributed by atoms with Crippen LogP contribution in [0.25, 0.3) is 0 Å². The van der Waals surface area contributed by atoms with Crippen molar-refractivity contribution in [1.29, 1.82) is 0 Å². The number of hydrogen-bond donors (Lipinski definition) is 1. The average molecular weight is 210 g/mol. The molecule has 1 aliphatic rings. The third-order valence-electron chi connectivity index (χ3n) is 2.91. The zero-order chi connectivity index (χ0) is 10.7. The average Bonchev–Trinajstić information content (AvgIpc) is 2.44. The lowest BCUT2D eigenvalue weighted by Crippen LogP contribution is -2.27. The van der Waals surface area contributed by atoms with Gasteiger partial charge < -0.3 is 9.84 Å². The van der Waals surface area contributed by atoms with Gasteiger partial charge in [0.2, 0.25) is 0 Å². The maximum Gasteiger partial charge on any atom is 0.129 e. The Morgan fingerprint density at radius 1 is 1.20 bits per heavy atom. The van der Waals surface area contributed by atoms with Crippen LogP contribution in [0.4, 0.5) is 4.39 Å². The summed E-state index contributed by atoms with van der Waals surface area (Å²) in [6.45, 7) is 1.14. The first-order chi connectivity index (χ1) is 7.22. The molecule has 82 valence electrons. The molecule has 1 fully saturated rings. The third-order valence-corrected chi connectivity index (χ3v) is 2.91. The van der Waals surface area contributed by atoms with Crippen LogP contribution in [-0.2, 0) is 10.3 Å². The van der Waals surface area contributed by atoms with Crippen LogP contribution in [0.3, 0.4) is 0 Å². The lowest BCUT2D eigenvalue weighted by molar-refractivity contribution is 0.0113. The highest BCUT2D eigenvalue weighted by Gasteiger charge is 2.32. The van der Waals surface area contributed by atoms with Gasteiger partial charge in [-0.3, -0.25) is 0 Å². The van der Waals surface area contributed by atoms with E-state index >= 15 is 0 Å². The van der Waals surface area contributed by atoms with Crippen molar-refractivity contribution in [3.63, 3.8) is 0 Å². The molecule has 1 unspecified atom stereocenters. The van der Waals surface area contributed by atoms with E-state index in [0.717, 1.165) is 6.42 Å². The Labute approximate surface area is 88.7 Å². The van der Waals surface area contributed by atoms with Gasteiger partial charge in [-0.2, -0.15) is 0 Å². The third kappa shape index (κ3) is 2.19. The fourth-order valence-corrected chi connectivity index (χ4v) is 2.04. The van der Waals surface area contributed by atoms with Crippen LogP contribution in [0.15, 0.2) is 24.3 Å². The molecule has 0 amide bonds. The molecule has 1 aliphatic heterocycles. The summed E-state index contributed by atoms with van der Waals surface area (Å²) in [7, 11) is 0. The van der Waals surface area contributed by atoms with Gasteiger partial charge in [-0.1, -0.05) is 18.2 Å². The molecular weight excluding hydrogens is 195 g/mol. The van der Waals surface area contributed by atoms with E-state index in [0.29, 0.717) is 31.6 Å². The van der Waals surface area contributed by atoms with E-state index in [4.69, 9.17) is 4.74 Å². The smallest absolute Gasteiger partial charge is 0.129 e. The number of benzene rings is 1. The van der Waals surface area contributed by atoms with Gasteiger partial charge in [-0.25, -0.2) is 4.39 Å². The molecule has 0 aliphatic carbocycles. The highest BCUT2D eigenvalue weighted by atomic mass is 19.1. The van der Waals surface area contributed by atoms with Crippen LogP contribution in [0, 0.1) is 5.82 Å². The lowest BCUT2D eigenvalue weighted by atomic mass is 9.86. The standard InChI is InChI=1S/C12H15FO2/c13-11-5-2-1-4-10(11)12(14)6-3-8-15-9-7-12/h1-2,4-5,14H,3,6-9H2. The normalized spacial score (nSPS) is 27.3. The molecule has 1 N–H and O–H groups in total. The molecule has 2 nitrogen and oxygen atoms in total. The molecule has 1 saturated heterocycles. The summed E-state index contributed by atoms with van der Waals surface area (Å²) in [5.74, 6) is -0.332. The van der Waals surface area contributed by atoms with Gasteiger partial charge in [-0.05, 0) is 18.9 Å². The second-order valence-electron chi connectivity index (χ2n) is 3.98.